The molecule has 0 atom stereocenters. The van der Waals surface area contributed by atoms with E-state index >= 15 is 0 Å². The third-order valence-corrected chi connectivity index (χ3v) is 1.84. The Hall–Kier alpha value is -0.400. The number of Topliss-reactive ketones (excluding diaryl/α,β-unsaturated/α-hetero) is 1. The van der Waals surface area contributed by atoms with Crippen LogP contribution in [-0.2, 0) is 4.79 Å². The summed E-state index contributed by atoms with van der Waals surface area (Å²) in [5.74, 6) is 0.716. The molecule has 0 heterocycles. The van der Waals surface area contributed by atoms with Crippen molar-refractivity contribution in [1.29, 1.82) is 0 Å². The maximum absolute atomic E-state index is 11.5. The van der Waals surface area contributed by atoms with E-state index in [1.807, 2.05) is 0 Å². The number of halogens is 1. The molecular weight excluding hydrogens is 131 g/mol. The third kappa shape index (κ3) is 2.46. The fraction of sp³-hybridized carbons (Fsp3) is 0.875. The van der Waals surface area contributed by atoms with Crippen LogP contribution >= 0.6 is 0 Å². The average Bonchev–Trinajstić information content (AvgIpc) is 2.69. The molecule has 2 heteroatoms. The van der Waals surface area contributed by atoms with E-state index in [1.54, 1.807) is 0 Å². The van der Waals surface area contributed by atoms with Gasteiger partial charge in [-0.15, -0.1) is 0 Å². The van der Waals surface area contributed by atoms with Crippen LogP contribution in [0.15, 0.2) is 0 Å². The molecule has 0 spiro atoms. The Morgan fingerprint density at radius 3 is 2.60 bits per heavy atom. The predicted octanol–water partition coefficient (Wildman–Crippen LogP) is 2.11. The van der Waals surface area contributed by atoms with Gasteiger partial charge in [-0.2, -0.15) is 0 Å². The molecule has 0 aromatic heterocycles. The highest BCUT2D eigenvalue weighted by molar-refractivity contribution is 5.82. The normalized spacial score (nSPS) is 17.3. The molecule has 58 valence electrons. The lowest BCUT2D eigenvalue weighted by molar-refractivity contribution is -0.120. The summed E-state index contributed by atoms with van der Waals surface area (Å²) in [5, 5.41) is 0. The summed E-state index contributed by atoms with van der Waals surface area (Å²) in [7, 11) is 0. The van der Waals surface area contributed by atoms with Gasteiger partial charge in [-0.1, -0.05) is 0 Å². The standard InChI is InChI=1S/C8H13FO/c9-6-2-1-3-8(10)7-4-5-7/h7H,1-6H2. The van der Waals surface area contributed by atoms with Gasteiger partial charge in [0.25, 0.3) is 0 Å². The van der Waals surface area contributed by atoms with Gasteiger partial charge < -0.3 is 0 Å². The van der Waals surface area contributed by atoms with E-state index in [0.717, 1.165) is 19.3 Å². The maximum Gasteiger partial charge on any atom is 0.135 e. The molecule has 1 fully saturated rings. The van der Waals surface area contributed by atoms with E-state index in [0.29, 0.717) is 24.5 Å². The van der Waals surface area contributed by atoms with Crippen molar-refractivity contribution in [3.8, 4) is 0 Å². The molecule has 0 amide bonds. The summed E-state index contributed by atoms with van der Waals surface area (Å²) >= 11 is 0. The monoisotopic (exact) mass is 144 g/mol. The number of hydrogen-bond donors (Lipinski definition) is 0. The number of rotatable bonds is 5. The van der Waals surface area contributed by atoms with Crippen LogP contribution in [-0.4, -0.2) is 12.5 Å². The molecule has 0 unspecified atom stereocenters. The molecule has 1 aliphatic carbocycles. The molecule has 1 rings (SSSR count). The lowest BCUT2D eigenvalue weighted by Gasteiger charge is -1.94. The summed E-state index contributed by atoms with van der Waals surface area (Å²) in [6.45, 7) is -0.280. The van der Waals surface area contributed by atoms with Crippen LogP contribution in [0.1, 0.15) is 32.1 Å². The zero-order valence-corrected chi connectivity index (χ0v) is 6.11. The Morgan fingerprint density at radius 1 is 1.40 bits per heavy atom. The van der Waals surface area contributed by atoms with Gasteiger partial charge in [0.2, 0.25) is 0 Å². The maximum atomic E-state index is 11.5. The summed E-state index contributed by atoms with van der Waals surface area (Å²) < 4.78 is 11.5. The number of hydrogen-bond acceptors (Lipinski definition) is 1. The van der Waals surface area contributed by atoms with Crippen LogP contribution in [0.3, 0.4) is 0 Å². The van der Waals surface area contributed by atoms with Crippen LogP contribution in [0.25, 0.3) is 0 Å². The zero-order valence-electron chi connectivity index (χ0n) is 6.11. The van der Waals surface area contributed by atoms with E-state index in [2.05, 4.69) is 0 Å². The van der Waals surface area contributed by atoms with Crippen molar-refractivity contribution in [3.05, 3.63) is 0 Å². The van der Waals surface area contributed by atoms with Gasteiger partial charge in [-0.25, -0.2) is 0 Å². The first-order chi connectivity index (χ1) is 4.84. The Morgan fingerprint density at radius 2 is 2.10 bits per heavy atom. The molecule has 0 radical (unpaired) electrons. The van der Waals surface area contributed by atoms with Crippen LogP contribution in [0.4, 0.5) is 4.39 Å². The number of ketones is 1. The van der Waals surface area contributed by atoms with Gasteiger partial charge in [-0.05, 0) is 25.7 Å². The van der Waals surface area contributed by atoms with E-state index in [9.17, 15) is 9.18 Å². The van der Waals surface area contributed by atoms with Crippen molar-refractivity contribution in [2.24, 2.45) is 5.92 Å². The molecule has 1 aliphatic rings. The molecule has 1 nitrogen and oxygen atoms in total. The number of unbranched alkanes of at least 4 members (excludes halogenated alkanes) is 1. The van der Waals surface area contributed by atoms with Crippen molar-refractivity contribution < 1.29 is 9.18 Å². The molecule has 0 aromatic rings. The predicted molar refractivity (Wildman–Crippen MR) is 37.6 cm³/mol. The highest BCUT2D eigenvalue weighted by atomic mass is 19.1. The Labute approximate surface area is 60.6 Å². The number of carbonyl (C=O) groups is 1. The molecule has 0 saturated heterocycles. The molecule has 0 bridgehead atoms. The van der Waals surface area contributed by atoms with Gasteiger partial charge in [0.1, 0.15) is 5.78 Å². The highest BCUT2D eigenvalue weighted by Crippen LogP contribution is 2.31. The fourth-order valence-corrected chi connectivity index (χ4v) is 1.00. The first kappa shape index (κ1) is 7.70. The molecule has 0 aliphatic heterocycles. The molecule has 0 N–H and O–H groups in total. The lowest BCUT2D eigenvalue weighted by atomic mass is 10.1. The molecule has 10 heavy (non-hydrogen) atoms. The summed E-state index contributed by atoms with van der Waals surface area (Å²) in [6.07, 6.45) is 4.06. The Bertz CT molecular complexity index is 118. The van der Waals surface area contributed by atoms with Crippen molar-refractivity contribution in [2.75, 3.05) is 6.67 Å². The van der Waals surface area contributed by atoms with Gasteiger partial charge in [-0.3, -0.25) is 9.18 Å². The lowest BCUT2D eigenvalue weighted by Crippen LogP contribution is -1.99. The molecular formula is C8H13FO. The summed E-state index contributed by atoms with van der Waals surface area (Å²) in [5.41, 5.74) is 0. The number of alkyl halides is 1. The first-order valence-corrected chi connectivity index (χ1v) is 3.93. The van der Waals surface area contributed by atoms with Gasteiger partial charge >= 0.3 is 0 Å². The minimum absolute atomic E-state index is 0.280. The van der Waals surface area contributed by atoms with Gasteiger partial charge in [0.05, 0.1) is 6.67 Å². The van der Waals surface area contributed by atoms with Crippen LogP contribution < -0.4 is 0 Å². The Balaban J connectivity index is 1.95. The van der Waals surface area contributed by atoms with Gasteiger partial charge in [0, 0.05) is 12.3 Å². The summed E-state index contributed by atoms with van der Waals surface area (Å²) in [4.78, 5) is 11.0. The minimum atomic E-state index is -0.280. The molecule has 1 saturated carbocycles. The van der Waals surface area contributed by atoms with Crippen molar-refractivity contribution in [3.63, 3.8) is 0 Å². The molecule has 0 aromatic carbocycles. The third-order valence-electron chi connectivity index (χ3n) is 1.84. The van der Waals surface area contributed by atoms with Crippen molar-refractivity contribution in [1.82, 2.24) is 0 Å². The second-order valence-electron chi connectivity index (χ2n) is 2.89. The van der Waals surface area contributed by atoms with Gasteiger partial charge in [0.15, 0.2) is 0 Å². The topological polar surface area (TPSA) is 17.1 Å². The largest absolute Gasteiger partial charge is 0.299 e. The average molecular weight is 144 g/mol. The number of carbonyl (C=O) groups excluding carboxylic acids is 1. The van der Waals surface area contributed by atoms with Crippen LogP contribution in [0.2, 0.25) is 0 Å². The SMILES string of the molecule is O=C(CCCCF)C1CC1. The first-order valence-electron chi connectivity index (χ1n) is 3.93. The zero-order chi connectivity index (χ0) is 7.40. The summed E-state index contributed by atoms with van der Waals surface area (Å²) in [6, 6.07) is 0. The second kappa shape index (κ2) is 3.69. The quantitative estimate of drug-likeness (QED) is 0.540. The van der Waals surface area contributed by atoms with Crippen molar-refractivity contribution >= 4 is 5.78 Å². The smallest absolute Gasteiger partial charge is 0.135 e. The minimum Gasteiger partial charge on any atom is -0.299 e. The van der Waals surface area contributed by atoms with Crippen LogP contribution in [0, 0.1) is 5.92 Å². The Kier molecular flexibility index (Phi) is 2.84. The fourth-order valence-electron chi connectivity index (χ4n) is 1.00. The van der Waals surface area contributed by atoms with E-state index in [-0.39, 0.29) is 6.67 Å². The van der Waals surface area contributed by atoms with E-state index in [1.165, 1.54) is 0 Å². The highest BCUT2D eigenvalue weighted by Gasteiger charge is 2.28. The second-order valence-corrected chi connectivity index (χ2v) is 2.89. The van der Waals surface area contributed by atoms with E-state index < -0.39 is 0 Å². The van der Waals surface area contributed by atoms with E-state index in [4.69, 9.17) is 0 Å². The van der Waals surface area contributed by atoms with Crippen LogP contribution in [0.5, 0.6) is 0 Å². The van der Waals surface area contributed by atoms with Crippen molar-refractivity contribution in [2.45, 2.75) is 32.1 Å².